The van der Waals surface area contributed by atoms with Crippen molar-refractivity contribution in [3.8, 4) is 0 Å². The highest BCUT2D eigenvalue weighted by Gasteiger charge is 2.31. The Balaban J connectivity index is 2.55. The molecule has 1 fully saturated rings. The molecule has 1 aliphatic rings. The summed E-state index contributed by atoms with van der Waals surface area (Å²) < 4.78 is 10.3. The zero-order valence-corrected chi connectivity index (χ0v) is 9.40. The highest BCUT2D eigenvalue weighted by Crippen LogP contribution is 2.06. The van der Waals surface area contributed by atoms with Gasteiger partial charge in [-0.3, -0.25) is 4.79 Å². The minimum atomic E-state index is -0.924. The molecule has 0 spiro atoms. The molecule has 1 saturated heterocycles. The summed E-state index contributed by atoms with van der Waals surface area (Å²) in [5, 5.41) is 14.0. The zero-order chi connectivity index (χ0) is 12.2. The second-order valence-corrected chi connectivity index (χ2v) is 4.03. The maximum atomic E-state index is 11.7. The number of amidine groups is 1. The van der Waals surface area contributed by atoms with Gasteiger partial charge >= 0.3 is 0 Å². The number of nitrogens with zero attached hydrogens (tertiary/aromatic N) is 1. The van der Waals surface area contributed by atoms with E-state index >= 15 is 0 Å². The quantitative estimate of drug-likeness (QED) is 0.251. The number of carbonyl (C=O) groups is 1. The summed E-state index contributed by atoms with van der Waals surface area (Å²) in [4.78, 5) is 11.7. The maximum absolute atomic E-state index is 11.7. The molecular weight excluding hydrogens is 214 g/mol. The topological polar surface area (TPSA) is 106 Å². The predicted molar refractivity (Wildman–Crippen MR) is 56.2 cm³/mol. The fourth-order valence-electron chi connectivity index (χ4n) is 1.22. The Bertz CT molecular complexity index is 284. The second-order valence-electron chi connectivity index (χ2n) is 4.03. The minimum Gasteiger partial charge on any atom is -0.409 e. The average molecular weight is 231 g/mol. The number of ether oxygens (including phenoxy) is 2. The number of amides is 1. The monoisotopic (exact) mass is 231 g/mol. The summed E-state index contributed by atoms with van der Waals surface area (Å²) in [6.45, 7) is 4.36. The lowest BCUT2D eigenvalue weighted by atomic mass is 10.0. The van der Waals surface area contributed by atoms with Crippen LogP contribution >= 0.6 is 0 Å². The molecule has 16 heavy (non-hydrogen) atoms. The number of carbonyl (C=O) groups excluding carboxylic acids is 1. The Morgan fingerprint density at radius 3 is 2.75 bits per heavy atom. The molecule has 1 aliphatic heterocycles. The molecule has 0 aromatic rings. The van der Waals surface area contributed by atoms with Gasteiger partial charge in [0.25, 0.3) is 5.91 Å². The fraction of sp³-hybridized carbons (Fsp3) is 0.778. The Labute approximate surface area is 93.6 Å². The van der Waals surface area contributed by atoms with Gasteiger partial charge in [0.15, 0.2) is 11.9 Å². The number of nitrogens with one attached hydrogen (secondary N) is 1. The van der Waals surface area contributed by atoms with Crippen LogP contribution in [0.3, 0.4) is 0 Å². The first-order chi connectivity index (χ1) is 7.47. The van der Waals surface area contributed by atoms with Crippen LogP contribution in [-0.2, 0) is 14.3 Å². The zero-order valence-electron chi connectivity index (χ0n) is 9.40. The van der Waals surface area contributed by atoms with Crippen molar-refractivity contribution in [2.75, 3.05) is 19.8 Å². The molecule has 1 amide bonds. The summed E-state index contributed by atoms with van der Waals surface area (Å²) in [5.41, 5.74) is 4.52. The van der Waals surface area contributed by atoms with Gasteiger partial charge in [0.2, 0.25) is 0 Å². The van der Waals surface area contributed by atoms with Crippen LogP contribution in [0.5, 0.6) is 0 Å². The van der Waals surface area contributed by atoms with Crippen molar-refractivity contribution in [3.63, 3.8) is 0 Å². The third-order valence-corrected chi connectivity index (χ3v) is 2.29. The van der Waals surface area contributed by atoms with Crippen LogP contribution in [0.15, 0.2) is 5.16 Å². The van der Waals surface area contributed by atoms with E-state index in [1.54, 1.807) is 13.8 Å². The summed E-state index contributed by atoms with van der Waals surface area (Å²) in [6.07, 6.45) is -0.639. The fourth-order valence-corrected chi connectivity index (χ4v) is 1.22. The molecule has 7 nitrogen and oxygen atoms in total. The van der Waals surface area contributed by atoms with E-state index < -0.39 is 11.6 Å². The first kappa shape index (κ1) is 12.7. The van der Waals surface area contributed by atoms with E-state index in [9.17, 15) is 4.79 Å². The van der Waals surface area contributed by atoms with Gasteiger partial charge in [-0.25, -0.2) is 0 Å². The lowest BCUT2D eigenvalue weighted by Crippen LogP contribution is -2.57. The molecule has 0 aromatic heterocycles. The van der Waals surface area contributed by atoms with Crippen LogP contribution in [-0.4, -0.2) is 48.4 Å². The van der Waals surface area contributed by atoms with Gasteiger partial charge in [0.05, 0.1) is 25.4 Å². The van der Waals surface area contributed by atoms with Crippen molar-refractivity contribution in [3.05, 3.63) is 0 Å². The van der Waals surface area contributed by atoms with Crippen LogP contribution in [0.2, 0.25) is 0 Å². The van der Waals surface area contributed by atoms with Crippen molar-refractivity contribution in [1.82, 2.24) is 5.32 Å². The van der Waals surface area contributed by atoms with E-state index in [-0.39, 0.29) is 18.3 Å². The molecule has 7 heteroatoms. The maximum Gasteiger partial charge on any atom is 0.252 e. The highest BCUT2D eigenvalue weighted by atomic mass is 16.6. The van der Waals surface area contributed by atoms with Crippen molar-refractivity contribution in [2.45, 2.75) is 25.5 Å². The van der Waals surface area contributed by atoms with Gasteiger partial charge in [-0.15, -0.1) is 0 Å². The van der Waals surface area contributed by atoms with E-state index in [0.29, 0.717) is 13.2 Å². The van der Waals surface area contributed by atoms with Crippen LogP contribution in [0, 0.1) is 0 Å². The summed E-state index contributed by atoms with van der Waals surface area (Å²) in [5.74, 6) is -0.408. The van der Waals surface area contributed by atoms with E-state index in [0.717, 1.165) is 0 Å². The highest BCUT2D eigenvalue weighted by molar-refractivity contribution is 5.94. The van der Waals surface area contributed by atoms with Crippen LogP contribution in [0.4, 0.5) is 0 Å². The number of hydrogen-bond acceptors (Lipinski definition) is 5. The van der Waals surface area contributed by atoms with Crippen molar-refractivity contribution in [1.29, 1.82) is 0 Å². The Morgan fingerprint density at radius 1 is 1.56 bits per heavy atom. The number of oxime groups is 1. The Hall–Kier alpha value is -1.34. The van der Waals surface area contributed by atoms with Crippen molar-refractivity contribution < 1.29 is 19.5 Å². The average Bonchev–Trinajstić information content (AvgIpc) is 2.28. The lowest BCUT2D eigenvalue weighted by Gasteiger charge is -2.28. The molecule has 0 bridgehead atoms. The molecule has 0 aromatic carbocycles. The molecule has 92 valence electrons. The summed E-state index contributed by atoms with van der Waals surface area (Å²) in [7, 11) is 0. The van der Waals surface area contributed by atoms with Crippen molar-refractivity contribution in [2.24, 2.45) is 10.9 Å². The van der Waals surface area contributed by atoms with E-state index in [2.05, 4.69) is 10.5 Å². The van der Waals surface area contributed by atoms with Gasteiger partial charge in [0, 0.05) is 0 Å². The largest absolute Gasteiger partial charge is 0.409 e. The van der Waals surface area contributed by atoms with Gasteiger partial charge < -0.3 is 25.7 Å². The first-order valence-electron chi connectivity index (χ1n) is 4.97. The molecule has 1 rings (SSSR count). The van der Waals surface area contributed by atoms with Gasteiger partial charge in [-0.1, -0.05) is 5.16 Å². The standard InChI is InChI=1S/C9H17N3O4/c1-9(2,8(10)12-14)11-7(13)6-5-15-3-4-16-6/h6,14H,3-5H2,1-2H3,(H2,10,12)(H,11,13). The summed E-state index contributed by atoms with van der Waals surface area (Å²) in [6, 6.07) is 0. The van der Waals surface area contributed by atoms with Gasteiger partial charge in [0.1, 0.15) is 0 Å². The van der Waals surface area contributed by atoms with Crippen LogP contribution in [0.1, 0.15) is 13.8 Å². The van der Waals surface area contributed by atoms with Crippen LogP contribution < -0.4 is 11.1 Å². The molecule has 1 unspecified atom stereocenters. The molecule has 0 saturated carbocycles. The third kappa shape index (κ3) is 3.07. The molecule has 0 aliphatic carbocycles. The molecular formula is C9H17N3O4. The third-order valence-electron chi connectivity index (χ3n) is 2.29. The smallest absolute Gasteiger partial charge is 0.252 e. The van der Waals surface area contributed by atoms with Gasteiger partial charge in [-0.05, 0) is 13.8 Å². The number of nitrogens with two attached hydrogens (primary N) is 1. The normalized spacial score (nSPS) is 22.9. The van der Waals surface area contributed by atoms with Crippen LogP contribution in [0.25, 0.3) is 0 Å². The first-order valence-corrected chi connectivity index (χ1v) is 4.97. The van der Waals surface area contributed by atoms with E-state index in [4.69, 9.17) is 20.4 Å². The second kappa shape index (κ2) is 5.13. The predicted octanol–water partition coefficient (Wildman–Crippen LogP) is -0.957. The number of hydrogen-bond donors (Lipinski definition) is 3. The molecule has 0 radical (unpaired) electrons. The molecule has 4 N–H and O–H groups in total. The SMILES string of the molecule is CC(C)(NC(=O)C1COCCO1)C(N)=NO. The van der Waals surface area contributed by atoms with Gasteiger partial charge in [-0.2, -0.15) is 0 Å². The molecule has 1 heterocycles. The van der Waals surface area contributed by atoms with E-state index in [1.807, 2.05) is 0 Å². The Morgan fingerprint density at radius 2 is 2.25 bits per heavy atom. The summed E-state index contributed by atoms with van der Waals surface area (Å²) >= 11 is 0. The lowest BCUT2D eigenvalue weighted by molar-refractivity contribution is -0.148. The number of rotatable bonds is 3. The van der Waals surface area contributed by atoms with E-state index in [1.165, 1.54) is 0 Å². The Kier molecular flexibility index (Phi) is 4.08. The molecule has 1 atom stereocenters. The van der Waals surface area contributed by atoms with Crippen molar-refractivity contribution >= 4 is 11.7 Å². The minimum absolute atomic E-state index is 0.0717.